The van der Waals surface area contributed by atoms with E-state index in [9.17, 15) is 0 Å². The van der Waals surface area contributed by atoms with Gasteiger partial charge in [-0.15, -0.1) is 23.4 Å². The lowest BCUT2D eigenvalue weighted by atomic mass is 10.5. The number of hydrogen-bond donors (Lipinski definition) is 0. The highest BCUT2D eigenvalue weighted by molar-refractivity contribution is 9.10. The van der Waals surface area contributed by atoms with E-state index < -0.39 is 5.38 Å². The van der Waals surface area contributed by atoms with Gasteiger partial charge >= 0.3 is 0 Å². The monoisotopic (exact) mass is 276 g/mol. The SMILES string of the molecule is N#CC(Cl)CSc1ccc(Br)cn1. The second-order valence-corrected chi connectivity index (χ2v) is 4.71. The Kier molecular flexibility index (Phi) is 4.57. The Hall–Kier alpha value is -0.240. The van der Waals surface area contributed by atoms with Gasteiger partial charge in [-0.2, -0.15) is 5.26 Å². The molecule has 1 unspecified atom stereocenters. The molecule has 0 bridgehead atoms. The van der Waals surface area contributed by atoms with Gasteiger partial charge in [-0.25, -0.2) is 4.98 Å². The fourth-order valence-corrected chi connectivity index (χ4v) is 1.75. The van der Waals surface area contributed by atoms with E-state index in [1.807, 2.05) is 18.2 Å². The van der Waals surface area contributed by atoms with Crippen LogP contribution in [0.1, 0.15) is 0 Å². The molecule has 13 heavy (non-hydrogen) atoms. The first-order valence-electron chi connectivity index (χ1n) is 3.50. The molecule has 1 aromatic heterocycles. The first-order chi connectivity index (χ1) is 6.22. The third kappa shape index (κ3) is 3.99. The van der Waals surface area contributed by atoms with Crippen molar-refractivity contribution in [1.29, 1.82) is 5.26 Å². The minimum atomic E-state index is -0.449. The van der Waals surface area contributed by atoms with Gasteiger partial charge in [-0.1, -0.05) is 0 Å². The van der Waals surface area contributed by atoms with Crippen molar-refractivity contribution in [2.45, 2.75) is 10.4 Å². The Morgan fingerprint density at radius 2 is 2.46 bits per heavy atom. The van der Waals surface area contributed by atoms with Crippen molar-refractivity contribution >= 4 is 39.3 Å². The molecule has 0 N–H and O–H groups in total. The lowest BCUT2D eigenvalue weighted by Gasteiger charge is -1.99. The zero-order valence-corrected chi connectivity index (χ0v) is 9.73. The van der Waals surface area contributed by atoms with Gasteiger partial charge in [0.2, 0.25) is 0 Å². The second kappa shape index (κ2) is 5.48. The number of thioether (sulfide) groups is 1. The van der Waals surface area contributed by atoms with Crippen LogP contribution in [0, 0.1) is 11.3 Å². The van der Waals surface area contributed by atoms with Crippen LogP contribution in [-0.2, 0) is 0 Å². The van der Waals surface area contributed by atoms with Crippen LogP contribution in [0.4, 0.5) is 0 Å². The van der Waals surface area contributed by atoms with Crippen LogP contribution in [0.15, 0.2) is 27.8 Å². The molecule has 1 aromatic rings. The van der Waals surface area contributed by atoms with E-state index in [1.54, 1.807) is 6.20 Å². The van der Waals surface area contributed by atoms with Gasteiger partial charge in [0.05, 0.1) is 11.1 Å². The first kappa shape index (κ1) is 10.8. The summed E-state index contributed by atoms with van der Waals surface area (Å²) in [5.74, 6) is 0.562. The standard InChI is InChI=1S/C8H6BrClN2S/c9-6-1-2-8(12-4-6)13-5-7(10)3-11/h1-2,4,7H,5H2. The van der Waals surface area contributed by atoms with E-state index in [0.717, 1.165) is 9.50 Å². The zero-order chi connectivity index (χ0) is 9.68. The predicted molar refractivity (Wildman–Crippen MR) is 57.9 cm³/mol. The number of aromatic nitrogens is 1. The molecule has 0 radical (unpaired) electrons. The maximum Gasteiger partial charge on any atom is 0.130 e. The molecule has 2 nitrogen and oxygen atoms in total. The maximum atomic E-state index is 8.43. The summed E-state index contributed by atoms with van der Waals surface area (Å²) in [5.41, 5.74) is 0. The highest BCUT2D eigenvalue weighted by Gasteiger charge is 2.03. The smallest absolute Gasteiger partial charge is 0.130 e. The number of nitrogens with zero attached hydrogens (tertiary/aromatic N) is 2. The van der Waals surface area contributed by atoms with E-state index in [1.165, 1.54) is 11.8 Å². The molecule has 0 spiro atoms. The fourth-order valence-electron chi connectivity index (χ4n) is 0.643. The molecule has 0 aromatic carbocycles. The number of alkyl halides is 1. The molecule has 1 rings (SSSR count). The largest absolute Gasteiger partial charge is 0.249 e. The first-order valence-corrected chi connectivity index (χ1v) is 5.72. The average Bonchev–Trinajstić information content (AvgIpc) is 2.16. The highest BCUT2D eigenvalue weighted by Crippen LogP contribution is 2.19. The number of nitriles is 1. The summed E-state index contributed by atoms with van der Waals surface area (Å²) in [6.45, 7) is 0. The van der Waals surface area contributed by atoms with Crippen molar-refractivity contribution in [2.75, 3.05) is 5.75 Å². The molecule has 5 heteroatoms. The predicted octanol–water partition coefficient (Wildman–Crippen LogP) is 3.07. The van der Waals surface area contributed by atoms with Crippen LogP contribution < -0.4 is 0 Å². The Morgan fingerprint density at radius 3 is 3.00 bits per heavy atom. The Labute approximate surface area is 94.4 Å². The van der Waals surface area contributed by atoms with Crippen molar-refractivity contribution in [3.8, 4) is 6.07 Å². The molecule has 0 amide bonds. The summed E-state index contributed by atoms with van der Waals surface area (Å²) in [6.07, 6.45) is 1.72. The molecule has 68 valence electrons. The number of rotatable bonds is 3. The Morgan fingerprint density at radius 1 is 1.69 bits per heavy atom. The van der Waals surface area contributed by atoms with Crippen LogP contribution in [-0.4, -0.2) is 16.1 Å². The highest BCUT2D eigenvalue weighted by atomic mass is 79.9. The van der Waals surface area contributed by atoms with E-state index in [-0.39, 0.29) is 0 Å². The van der Waals surface area contributed by atoms with E-state index in [4.69, 9.17) is 16.9 Å². The summed E-state index contributed by atoms with van der Waals surface area (Å²) >= 11 is 10.4. The lowest BCUT2D eigenvalue weighted by molar-refractivity contribution is 1.12. The minimum absolute atomic E-state index is 0.449. The number of hydrogen-bond acceptors (Lipinski definition) is 3. The molecular weight excluding hydrogens is 272 g/mol. The van der Waals surface area contributed by atoms with E-state index >= 15 is 0 Å². The summed E-state index contributed by atoms with van der Waals surface area (Å²) < 4.78 is 0.944. The van der Waals surface area contributed by atoms with Gasteiger partial charge in [0.15, 0.2) is 0 Å². The number of pyridine rings is 1. The van der Waals surface area contributed by atoms with Gasteiger partial charge in [0, 0.05) is 16.4 Å². The molecule has 0 aliphatic carbocycles. The summed E-state index contributed by atoms with van der Waals surface area (Å²) in [4.78, 5) is 4.13. The van der Waals surface area contributed by atoms with Crippen LogP contribution in [0.2, 0.25) is 0 Å². The van der Waals surface area contributed by atoms with Gasteiger partial charge in [-0.05, 0) is 28.1 Å². The van der Waals surface area contributed by atoms with Crippen molar-refractivity contribution in [3.05, 3.63) is 22.8 Å². The zero-order valence-electron chi connectivity index (χ0n) is 6.58. The third-order valence-corrected chi connectivity index (χ3v) is 3.16. The molecule has 1 atom stereocenters. The van der Waals surface area contributed by atoms with E-state index in [0.29, 0.717) is 5.75 Å². The summed E-state index contributed by atoms with van der Waals surface area (Å²) in [6, 6.07) is 5.75. The topological polar surface area (TPSA) is 36.7 Å². The van der Waals surface area contributed by atoms with Crippen LogP contribution in [0.5, 0.6) is 0 Å². The lowest BCUT2D eigenvalue weighted by Crippen LogP contribution is -1.97. The van der Waals surface area contributed by atoms with E-state index in [2.05, 4.69) is 20.9 Å². The summed E-state index contributed by atoms with van der Waals surface area (Å²) in [7, 11) is 0. The normalized spacial score (nSPS) is 12.1. The Balaban J connectivity index is 2.47. The average molecular weight is 278 g/mol. The molecule has 0 fully saturated rings. The van der Waals surface area contributed by atoms with Crippen LogP contribution >= 0.6 is 39.3 Å². The van der Waals surface area contributed by atoms with Crippen molar-refractivity contribution in [3.63, 3.8) is 0 Å². The Bertz CT molecular complexity index is 309. The number of halogens is 2. The molecule has 0 saturated heterocycles. The van der Waals surface area contributed by atoms with Crippen molar-refractivity contribution < 1.29 is 0 Å². The van der Waals surface area contributed by atoms with Gasteiger partial charge < -0.3 is 0 Å². The second-order valence-electron chi connectivity index (χ2n) is 2.22. The quantitative estimate of drug-likeness (QED) is 0.629. The van der Waals surface area contributed by atoms with Crippen molar-refractivity contribution in [1.82, 2.24) is 4.98 Å². The van der Waals surface area contributed by atoms with Crippen LogP contribution in [0.3, 0.4) is 0 Å². The third-order valence-electron chi connectivity index (χ3n) is 1.22. The maximum absolute atomic E-state index is 8.43. The molecule has 1 heterocycles. The molecule has 0 saturated carbocycles. The van der Waals surface area contributed by atoms with Crippen molar-refractivity contribution in [2.24, 2.45) is 0 Å². The van der Waals surface area contributed by atoms with Gasteiger partial charge in [0.25, 0.3) is 0 Å². The van der Waals surface area contributed by atoms with Gasteiger partial charge in [-0.3, -0.25) is 0 Å². The minimum Gasteiger partial charge on any atom is -0.249 e. The molecule has 0 aliphatic heterocycles. The molecule has 0 aliphatic rings. The fraction of sp³-hybridized carbons (Fsp3) is 0.250. The van der Waals surface area contributed by atoms with Crippen LogP contribution in [0.25, 0.3) is 0 Å². The summed E-state index contributed by atoms with van der Waals surface area (Å²) in [5, 5.41) is 8.86. The van der Waals surface area contributed by atoms with Gasteiger partial charge in [0.1, 0.15) is 5.38 Å². The molecular formula is C8H6BrClN2S.